The normalized spacial score (nSPS) is 11.1. The number of oxime groups is 1. The van der Waals surface area contributed by atoms with Gasteiger partial charge in [-0.1, -0.05) is 48.5 Å². The molecule has 0 radical (unpaired) electrons. The van der Waals surface area contributed by atoms with E-state index in [0.717, 1.165) is 11.1 Å². The Morgan fingerprint density at radius 2 is 1.56 bits per heavy atom. The van der Waals surface area contributed by atoms with Crippen LogP contribution in [0.4, 0.5) is 0 Å². The van der Waals surface area contributed by atoms with Crippen molar-refractivity contribution in [3.05, 3.63) is 71.8 Å². The van der Waals surface area contributed by atoms with Crippen molar-refractivity contribution in [1.82, 2.24) is 0 Å². The van der Waals surface area contributed by atoms with Gasteiger partial charge in [0.1, 0.15) is 13.7 Å². The van der Waals surface area contributed by atoms with E-state index >= 15 is 0 Å². The Hall–Kier alpha value is -2.29. The molecule has 0 atom stereocenters. The first-order chi connectivity index (χ1) is 8.90. The highest BCUT2D eigenvalue weighted by Crippen LogP contribution is 2.07. The van der Waals surface area contributed by atoms with Crippen LogP contribution in [0.5, 0.6) is 0 Å². The number of nitrogens with zero attached hydrogens (tertiary/aromatic N) is 1. The second-order valence-electron chi connectivity index (χ2n) is 3.72. The van der Waals surface area contributed by atoms with E-state index < -0.39 is 0 Å². The predicted molar refractivity (Wildman–Crippen MR) is 71.2 cm³/mol. The maximum absolute atomic E-state index is 5.68. The SMILES string of the molecule is CO/N=C(\OCc1ccccc1)c1ccccc1. The first-order valence-electron chi connectivity index (χ1n) is 5.73. The van der Waals surface area contributed by atoms with E-state index in [1.54, 1.807) is 0 Å². The van der Waals surface area contributed by atoms with Gasteiger partial charge >= 0.3 is 0 Å². The Kier molecular flexibility index (Phi) is 4.36. The van der Waals surface area contributed by atoms with E-state index in [1.807, 2.05) is 60.7 Å². The molecule has 0 spiro atoms. The van der Waals surface area contributed by atoms with Gasteiger partial charge in [0.15, 0.2) is 0 Å². The molecule has 3 nitrogen and oxygen atoms in total. The van der Waals surface area contributed by atoms with E-state index in [-0.39, 0.29) is 0 Å². The zero-order valence-electron chi connectivity index (χ0n) is 10.2. The molecule has 2 aromatic rings. The van der Waals surface area contributed by atoms with Gasteiger partial charge in [0, 0.05) is 5.56 Å². The highest BCUT2D eigenvalue weighted by molar-refractivity contribution is 5.93. The highest BCUT2D eigenvalue weighted by Gasteiger charge is 2.05. The molecule has 0 N–H and O–H groups in total. The monoisotopic (exact) mass is 241 g/mol. The molecule has 2 rings (SSSR count). The van der Waals surface area contributed by atoms with Gasteiger partial charge in [-0.15, -0.1) is 0 Å². The van der Waals surface area contributed by atoms with Gasteiger partial charge in [0.25, 0.3) is 5.90 Å². The van der Waals surface area contributed by atoms with E-state index in [9.17, 15) is 0 Å². The summed E-state index contributed by atoms with van der Waals surface area (Å²) in [6, 6.07) is 19.6. The quantitative estimate of drug-likeness (QED) is 0.467. The number of benzene rings is 2. The topological polar surface area (TPSA) is 30.8 Å². The van der Waals surface area contributed by atoms with Crippen molar-refractivity contribution in [2.75, 3.05) is 7.11 Å². The Labute approximate surface area is 107 Å². The van der Waals surface area contributed by atoms with E-state index in [2.05, 4.69) is 5.16 Å². The molecule has 0 saturated carbocycles. The number of hydrogen-bond donors (Lipinski definition) is 0. The maximum Gasteiger partial charge on any atom is 0.257 e. The maximum atomic E-state index is 5.68. The molecule has 0 aromatic heterocycles. The summed E-state index contributed by atoms with van der Waals surface area (Å²) in [6.07, 6.45) is 0. The fourth-order valence-electron chi connectivity index (χ4n) is 1.55. The van der Waals surface area contributed by atoms with Crippen molar-refractivity contribution < 1.29 is 9.57 Å². The second kappa shape index (κ2) is 6.45. The molecule has 3 heteroatoms. The molecule has 0 aliphatic carbocycles. The summed E-state index contributed by atoms with van der Waals surface area (Å²) in [6.45, 7) is 0.470. The van der Waals surface area contributed by atoms with Gasteiger partial charge in [-0.25, -0.2) is 0 Å². The average molecular weight is 241 g/mol. The lowest BCUT2D eigenvalue weighted by molar-refractivity contribution is 0.188. The Balaban J connectivity index is 2.07. The van der Waals surface area contributed by atoms with Crippen LogP contribution in [0.25, 0.3) is 0 Å². The average Bonchev–Trinajstić information content (AvgIpc) is 2.45. The lowest BCUT2D eigenvalue weighted by atomic mass is 10.2. The lowest BCUT2D eigenvalue weighted by Crippen LogP contribution is -2.07. The van der Waals surface area contributed by atoms with Crippen molar-refractivity contribution >= 4 is 5.90 Å². The zero-order chi connectivity index (χ0) is 12.6. The van der Waals surface area contributed by atoms with Gasteiger partial charge in [0.05, 0.1) is 0 Å². The molecule has 0 unspecified atom stereocenters. The largest absolute Gasteiger partial charge is 0.470 e. The Morgan fingerprint density at radius 1 is 0.944 bits per heavy atom. The predicted octanol–water partition coefficient (Wildman–Crippen LogP) is 3.21. The molecule has 92 valence electrons. The Bertz CT molecular complexity index is 494. The van der Waals surface area contributed by atoms with Gasteiger partial charge in [-0.2, -0.15) is 0 Å². The van der Waals surface area contributed by atoms with Crippen LogP contribution in [0.3, 0.4) is 0 Å². The number of hydrogen-bond acceptors (Lipinski definition) is 3. The minimum Gasteiger partial charge on any atom is -0.470 e. The van der Waals surface area contributed by atoms with E-state index in [1.165, 1.54) is 7.11 Å². The van der Waals surface area contributed by atoms with Crippen LogP contribution in [0.15, 0.2) is 65.8 Å². The molecule has 0 bridgehead atoms. The van der Waals surface area contributed by atoms with Crippen molar-refractivity contribution in [3.63, 3.8) is 0 Å². The van der Waals surface area contributed by atoms with Gasteiger partial charge in [-0.05, 0) is 22.9 Å². The second-order valence-corrected chi connectivity index (χ2v) is 3.72. The smallest absolute Gasteiger partial charge is 0.257 e. The minimum absolute atomic E-state index is 0.470. The van der Waals surface area contributed by atoms with Crippen molar-refractivity contribution in [2.45, 2.75) is 6.61 Å². The lowest BCUT2D eigenvalue weighted by Gasteiger charge is -2.08. The molecule has 0 aliphatic heterocycles. The first kappa shape index (κ1) is 12.2. The van der Waals surface area contributed by atoms with Crippen LogP contribution >= 0.6 is 0 Å². The van der Waals surface area contributed by atoms with E-state index in [0.29, 0.717) is 12.5 Å². The molecule has 2 aromatic carbocycles. The summed E-state index contributed by atoms with van der Waals surface area (Å²) in [4.78, 5) is 4.81. The van der Waals surface area contributed by atoms with Crippen LogP contribution in [-0.4, -0.2) is 13.0 Å². The summed E-state index contributed by atoms with van der Waals surface area (Å²) in [5.41, 5.74) is 1.99. The van der Waals surface area contributed by atoms with Crippen LogP contribution in [0.2, 0.25) is 0 Å². The highest BCUT2D eigenvalue weighted by atomic mass is 16.6. The summed E-state index contributed by atoms with van der Waals surface area (Å²) in [7, 11) is 1.51. The molecular formula is C15H15NO2. The van der Waals surface area contributed by atoms with Crippen molar-refractivity contribution in [2.24, 2.45) is 5.16 Å². The van der Waals surface area contributed by atoms with Gasteiger partial charge in [-0.3, -0.25) is 0 Å². The van der Waals surface area contributed by atoms with Crippen LogP contribution in [0, 0.1) is 0 Å². The third kappa shape index (κ3) is 3.35. The molecular weight excluding hydrogens is 226 g/mol. The minimum atomic E-state index is 0.470. The molecule has 0 heterocycles. The van der Waals surface area contributed by atoms with Gasteiger partial charge < -0.3 is 9.57 Å². The van der Waals surface area contributed by atoms with Crippen LogP contribution in [0.1, 0.15) is 11.1 Å². The third-order valence-corrected chi connectivity index (χ3v) is 2.41. The summed E-state index contributed by atoms with van der Waals surface area (Å²) in [5, 5.41) is 3.90. The zero-order valence-corrected chi connectivity index (χ0v) is 10.2. The summed E-state index contributed by atoms with van der Waals surface area (Å²) >= 11 is 0. The van der Waals surface area contributed by atoms with Crippen LogP contribution in [-0.2, 0) is 16.2 Å². The first-order valence-corrected chi connectivity index (χ1v) is 5.73. The van der Waals surface area contributed by atoms with Crippen LogP contribution < -0.4 is 0 Å². The van der Waals surface area contributed by atoms with Crippen molar-refractivity contribution in [3.8, 4) is 0 Å². The standard InChI is InChI=1S/C15H15NO2/c1-17-16-15(14-10-6-3-7-11-14)18-12-13-8-4-2-5-9-13/h2-11H,12H2,1H3/b16-15-. The molecule has 0 aliphatic rings. The number of ether oxygens (including phenoxy) is 1. The Morgan fingerprint density at radius 3 is 2.17 bits per heavy atom. The fraction of sp³-hybridized carbons (Fsp3) is 0.133. The molecule has 0 amide bonds. The van der Waals surface area contributed by atoms with E-state index in [4.69, 9.17) is 9.57 Å². The summed E-state index contributed by atoms with van der Waals surface area (Å²) < 4.78 is 5.68. The molecule has 0 saturated heterocycles. The van der Waals surface area contributed by atoms with Gasteiger partial charge in [0.2, 0.25) is 0 Å². The fourth-order valence-corrected chi connectivity index (χ4v) is 1.55. The molecule has 0 fully saturated rings. The number of rotatable bonds is 4. The third-order valence-electron chi connectivity index (χ3n) is 2.41. The summed E-state index contributed by atoms with van der Waals surface area (Å²) in [5.74, 6) is 0.488. The van der Waals surface area contributed by atoms with Crippen molar-refractivity contribution in [1.29, 1.82) is 0 Å². The molecule has 18 heavy (non-hydrogen) atoms.